The zero-order valence-electron chi connectivity index (χ0n) is 24.0. The SMILES string of the molecule is C[C@H]1[C@H](N2CCN(C(N)=Nc3ccc4c(c3)CN(CCc3ccc(Cl)cc3Cl)C4=O)C[C@@H]2C)C[C@@H]2C[C@H]1C2(C)C. The van der Waals surface area contributed by atoms with Crippen molar-refractivity contribution in [1.29, 1.82) is 0 Å². The number of nitrogens with zero attached hydrogens (tertiary/aromatic N) is 4. The number of hydrogen-bond acceptors (Lipinski definition) is 3. The van der Waals surface area contributed by atoms with E-state index in [2.05, 4.69) is 37.5 Å². The third kappa shape index (κ3) is 4.90. The molecule has 2 bridgehead atoms. The summed E-state index contributed by atoms with van der Waals surface area (Å²) in [6, 6.07) is 12.4. The second-order valence-electron chi connectivity index (χ2n) is 13.1. The van der Waals surface area contributed by atoms with Gasteiger partial charge < -0.3 is 15.5 Å². The van der Waals surface area contributed by atoms with E-state index >= 15 is 0 Å². The first-order valence-electron chi connectivity index (χ1n) is 14.7. The van der Waals surface area contributed by atoms with E-state index in [0.717, 1.165) is 59.8 Å². The van der Waals surface area contributed by atoms with Gasteiger partial charge in [-0.25, -0.2) is 4.99 Å². The normalized spacial score (nSPS) is 29.9. The van der Waals surface area contributed by atoms with Crippen molar-refractivity contribution in [2.75, 3.05) is 26.2 Å². The van der Waals surface area contributed by atoms with Crippen molar-refractivity contribution in [3.05, 3.63) is 63.1 Å². The molecule has 2 aliphatic heterocycles. The molecule has 0 unspecified atom stereocenters. The topological polar surface area (TPSA) is 65.2 Å². The van der Waals surface area contributed by atoms with Crippen LogP contribution < -0.4 is 5.73 Å². The molecule has 0 aromatic heterocycles. The molecule has 4 fully saturated rings. The quantitative estimate of drug-likeness (QED) is 0.336. The molecule has 0 radical (unpaired) electrons. The fourth-order valence-corrected chi connectivity index (χ4v) is 8.54. The van der Waals surface area contributed by atoms with Crippen LogP contribution in [0, 0.1) is 23.2 Å². The second-order valence-corrected chi connectivity index (χ2v) is 13.9. The largest absolute Gasteiger partial charge is 0.369 e. The van der Waals surface area contributed by atoms with Gasteiger partial charge in [0, 0.05) is 60.4 Å². The molecular formula is C32H41Cl2N5O. The maximum Gasteiger partial charge on any atom is 0.254 e. The lowest BCUT2D eigenvalue weighted by Gasteiger charge is -2.64. The Labute approximate surface area is 248 Å². The molecule has 1 amide bonds. The Morgan fingerprint density at radius 2 is 1.90 bits per heavy atom. The van der Waals surface area contributed by atoms with Crippen molar-refractivity contribution in [1.82, 2.24) is 14.7 Å². The summed E-state index contributed by atoms with van der Waals surface area (Å²) >= 11 is 12.4. The Kier molecular flexibility index (Phi) is 7.33. The lowest BCUT2D eigenvalue weighted by Crippen LogP contribution is -2.65. The molecule has 2 aromatic carbocycles. The van der Waals surface area contributed by atoms with Crippen LogP contribution in [-0.2, 0) is 13.0 Å². The Morgan fingerprint density at radius 3 is 2.60 bits per heavy atom. The number of hydrogen-bond donors (Lipinski definition) is 1. The summed E-state index contributed by atoms with van der Waals surface area (Å²) in [6.07, 6.45) is 3.42. The van der Waals surface area contributed by atoms with Crippen molar-refractivity contribution in [3.63, 3.8) is 0 Å². The highest BCUT2D eigenvalue weighted by Gasteiger charge is 2.57. The van der Waals surface area contributed by atoms with Gasteiger partial charge in [0.25, 0.3) is 5.91 Å². The van der Waals surface area contributed by atoms with Crippen molar-refractivity contribution >= 4 is 40.8 Å². The van der Waals surface area contributed by atoms with Crippen molar-refractivity contribution in [3.8, 4) is 0 Å². The van der Waals surface area contributed by atoms with Gasteiger partial charge >= 0.3 is 0 Å². The molecule has 3 aliphatic carbocycles. The number of nitrogens with two attached hydrogens (primary N) is 1. The summed E-state index contributed by atoms with van der Waals surface area (Å²) in [6.45, 7) is 13.7. The number of piperazine rings is 1. The molecule has 6 nitrogen and oxygen atoms in total. The van der Waals surface area contributed by atoms with Gasteiger partial charge in [-0.1, -0.05) is 50.0 Å². The first-order chi connectivity index (χ1) is 19.0. The minimum Gasteiger partial charge on any atom is -0.369 e. The Bertz CT molecular complexity index is 1340. The van der Waals surface area contributed by atoms with Gasteiger partial charge in [-0.15, -0.1) is 0 Å². The third-order valence-electron chi connectivity index (χ3n) is 10.6. The van der Waals surface area contributed by atoms with Crippen LogP contribution in [0.3, 0.4) is 0 Å². The number of carbonyl (C=O) groups excluding carboxylic acids is 1. The van der Waals surface area contributed by atoms with Gasteiger partial charge in [0.05, 0.1) is 5.69 Å². The van der Waals surface area contributed by atoms with Crippen LogP contribution in [-0.4, -0.2) is 64.8 Å². The van der Waals surface area contributed by atoms with E-state index in [9.17, 15) is 4.79 Å². The lowest BCUT2D eigenvalue weighted by atomic mass is 9.44. The van der Waals surface area contributed by atoms with E-state index < -0.39 is 0 Å². The van der Waals surface area contributed by atoms with E-state index in [1.54, 1.807) is 6.07 Å². The molecule has 2 aromatic rings. The number of benzene rings is 2. The first-order valence-corrected chi connectivity index (χ1v) is 15.5. The number of aliphatic imine (C=N–C) groups is 1. The molecule has 40 heavy (non-hydrogen) atoms. The number of halogens is 2. The molecule has 5 atom stereocenters. The summed E-state index contributed by atoms with van der Waals surface area (Å²) < 4.78 is 0. The molecule has 1 saturated heterocycles. The molecule has 7 rings (SSSR count). The standard InChI is InChI=1S/C32H41Cl2N5O/c1-19-17-38(11-12-39(19)29-15-23-14-27(20(29)2)32(23,3)4)31(35)36-25-7-8-26-22(13-25)18-37(30(26)40)10-9-21-5-6-24(33)16-28(21)34/h5-8,13,16,19-20,23,27,29H,9-12,14-15,17-18H2,1-4H3,(H2,35,36)/t19-,20+,23-,27+,29+/m0/s1. The van der Waals surface area contributed by atoms with Crippen LogP contribution in [0.4, 0.5) is 5.69 Å². The van der Waals surface area contributed by atoms with E-state index in [4.69, 9.17) is 33.9 Å². The monoisotopic (exact) mass is 581 g/mol. The van der Waals surface area contributed by atoms with Crippen LogP contribution in [0.1, 0.15) is 62.0 Å². The maximum atomic E-state index is 13.0. The number of fused-ring (bicyclic) bond motifs is 3. The van der Waals surface area contributed by atoms with E-state index in [1.165, 1.54) is 12.8 Å². The molecule has 3 saturated carbocycles. The van der Waals surface area contributed by atoms with Crippen LogP contribution in [0.5, 0.6) is 0 Å². The predicted molar refractivity (Wildman–Crippen MR) is 163 cm³/mol. The van der Waals surface area contributed by atoms with Crippen LogP contribution in [0.2, 0.25) is 10.0 Å². The van der Waals surface area contributed by atoms with Gasteiger partial charge in [0.2, 0.25) is 0 Å². The average Bonchev–Trinajstić information content (AvgIpc) is 3.22. The van der Waals surface area contributed by atoms with Gasteiger partial charge in [-0.3, -0.25) is 9.69 Å². The smallest absolute Gasteiger partial charge is 0.254 e. The fourth-order valence-electron chi connectivity index (χ4n) is 8.03. The van der Waals surface area contributed by atoms with Crippen molar-refractivity contribution in [2.24, 2.45) is 33.9 Å². The Balaban J connectivity index is 1.07. The highest BCUT2D eigenvalue weighted by molar-refractivity contribution is 6.35. The molecule has 8 heteroatoms. The summed E-state index contributed by atoms with van der Waals surface area (Å²) in [5, 5.41) is 1.24. The highest BCUT2D eigenvalue weighted by Crippen LogP contribution is 2.62. The molecule has 2 N–H and O–H groups in total. The third-order valence-corrected chi connectivity index (χ3v) is 11.2. The van der Waals surface area contributed by atoms with Crippen LogP contribution in [0.25, 0.3) is 0 Å². The van der Waals surface area contributed by atoms with Gasteiger partial charge in [-0.05, 0) is 90.8 Å². The zero-order chi connectivity index (χ0) is 28.3. The lowest BCUT2D eigenvalue weighted by molar-refractivity contribution is -0.147. The fraction of sp³-hybridized carbons (Fsp3) is 0.562. The van der Waals surface area contributed by atoms with Gasteiger partial charge in [0.1, 0.15) is 0 Å². The molecule has 0 spiro atoms. The van der Waals surface area contributed by atoms with E-state index in [0.29, 0.717) is 53.0 Å². The average molecular weight is 583 g/mol. The van der Waals surface area contributed by atoms with Crippen molar-refractivity contribution < 1.29 is 4.79 Å². The number of rotatable bonds is 5. The molecular weight excluding hydrogens is 541 g/mol. The maximum absolute atomic E-state index is 13.0. The summed E-state index contributed by atoms with van der Waals surface area (Å²) in [5.74, 6) is 3.08. The Morgan fingerprint density at radius 1 is 1.10 bits per heavy atom. The number of amides is 1. The summed E-state index contributed by atoms with van der Waals surface area (Å²) in [4.78, 5) is 24.6. The van der Waals surface area contributed by atoms with Gasteiger partial charge in [0.15, 0.2) is 5.96 Å². The summed E-state index contributed by atoms with van der Waals surface area (Å²) in [7, 11) is 0. The first kappa shape index (κ1) is 27.9. The van der Waals surface area contributed by atoms with Crippen LogP contribution in [0.15, 0.2) is 41.4 Å². The minimum absolute atomic E-state index is 0.0477. The molecule has 214 valence electrons. The van der Waals surface area contributed by atoms with E-state index in [-0.39, 0.29) is 5.91 Å². The van der Waals surface area contributed by atoms with E-state index in [1.807, 2.05) is 35.2 Å². The number of guanidine groups is 1. The van der Waals surface area contributed by atoms with Gasteiger partial charge in [-0.2, -0.15) is 0 Å². The summed E-state index contributed by atoms with van der Waals surface area (Å²) in [5.41, 5.74) is 10.6. The molecule has 2 heterocycles. The predicted octanol–water partition coefficient (Wildman–Crippen LogP) is 6.21. The zero-order valence-corrected chi connectivity index (χ0v) is 25.5. The highest BCUT2D eigenvalue weighted by atomic mass is 35.5. The van der Waals surface area contributed by atoms with Crippen LogP contribution >= 0.6 is 23.2 Å². The minimum atomic E-state index is 0.0477. The second kappa shape index (κ2) is 10.5. The van der Waals surface area contributed by atoms with Crippen molar-refractivity contribution in [2.45, 2.75) is 65.6 Å². The number of carbonyl (C=O) groups is 1. The molecule has 5 aliphatic rings. The Hall–Kier alpha value is -2.28.